The second kappa shape index (κ2) is 9.86. The maximum absolute atomic E-state index is 13.1. The smallest absolute Gasteiger partial charge is 0.137 e. The van der Waals surface area contributed by atoms with Crippen LogP contribution in [0, 0.1) is 5.92 Å². The molecule has 30 heavy (non-hydrogen) atoms. The summed E-state index contributed by atoms with van der Waals surface area (Å²) < 4.78 is 0. The van der Waals surface area contributed by atoms with Crippen LogP contribution in [0.5, 0.6) is 0 Å². The van der Waals surface area contributed by atoms with E-state index in [1.807, 2.05) is 0 Å². The van der Waals surface area contributed by atoms with Crippen LogP contribution in [0.1, 0.15) is 61.4 Å². The highest BCUT2D eigenvalue weighted by molar-refractivity contribution is 5.82. The molecule has 0 aromatic heterocycles. The Hall–Kier alpha value is -2.71. The summed E-state index contributed by atoms with van der Waals surface area (Å²) in [6.07, 6.45) is 3.86. The minimum Gasteiger partial charge on any atom is -0.299 e. The predicted octanol–water partition coefficient (Wildman–Crippen LogP) is 6.75. The lowest BCUT2D eigenvalue weighted by molar-refractivity contribution is -0.128. The number of hydrogen-bond acceptors (Lipinski definition) is 2. The van der Waals surface area contributed by atoms with E-state index < -0.39 is 0 Å². The predicted molar refractivity (Wildman–Crippen MR) is 123 cm³/mol. The summed E-state index contributed by atoms with van der Waals surface area (Å²) in [4.78, 5) is 15.6. The first-order valence-corrected chi connectivity index (χ1v) is 11.2. The first-order valence-electron chi connectivity index (χ1n) is 11.2. The fourth-order valence-electron chi connectivity index (χ4n) is 4.84. The molecule has 1 saturated carbocycles. The molecule has 0 spiro atoms. The number of carbonyl (C=O) groups is 1. The molecule has 1 aliphatic carbocycles. The molecule has 0 bridgehead atoms. The van der Waals surface area contributed by atoms with E-state index in [0.717, 1.165) is 25.8 Å². The molecular formula is C28H31NO. The molecule has 0 saturated heterocycles. The minimum atomic E-state index is 0.0519. The maximum atomic E-state index is 13.1. The van der Waals surface area contributed by atoms with Crippen molar-refractivity contribution in [1.82, 2.24) is 4.90 Å². The van der Waals surface area contributed by atoms with Crippen LogP contribution >= 0.6 is 0 Å². The molecular weight excluding hydrogens is 366 g/mol. The van der Waals surface area contributed by atoms with Crippen LogP contribution in [0.25, 0.3) is 0 Å². The van der Waals surface area contributed by atoms with Crippen molar-refractivity contribution in [2.45, 2.75) is 51.2 Å². The first kappa shape index (κ1) is 20.6. The van der Waals surface area contributed by atoms with Gasteiger partial charge < -0.3 is 0 Å². The van der Waals surface area contributed by atoms with Gasteiger partial charge in [-0.05, 0) is 36.5 Å². The number of carbonyl (C=O) groups excluding carboxylic acids is 1. The van der Waals surface area contributed by atoms with Crippen LogP contribution in [0.3, 0.4) is 0 Å². The van der Waals surface area contributed by atoms with E-state index in [1.54, 1.807) is 0 Å². The third kappa shape index (κ3) is 4.71. The largest absolute Gasteiger partial charge is 0.299 e. The maximum Gasteiger partial charge on any atom is 0.137 e. The van der Waals surface area contributed by atoms with Gasteiger partial charge >= 0.3 is 0 Å². The van der Waals surface area contributed by atoms with Crippen LogP contribution in [-0.2, 0) is 11.3 Å². The molecule has 2 heteroatoms. The van der Waals surface area contributed by atoms with Gasteiger partial charge in [-0.15, -0.1) is 0 Å². The lowest BCUT2D eigenvalue weighted by Crippen LogP contribution is -2.39. The monoisotopic (exact) mass is 397 g/mol. The van der Waals surface area contributed by atoms with Crippen molar-refractivity contribution in [3.8, 4) is 0 Å². The normalized spacial score (nSPS) is 18.9. The molecule has 2 nitrogen and oxygen atoms in total. The number of benzene rings is 3. The van der Waals surface area contributed by atoms with E-state index in [2.05, 4.69) is 103 Å². The molecule has 154 valence electrons. The Morgan fingerprint density at radius 3 is 1.97 bits per heavy atom. The summed E-state index contributed by atoms with van der Waals surface area (Å²) in [5.41, 5.74) is 3.82. The van der Waals surface area contributed by atoms with Gasteiger partial charge in [-0.1, -0.05) is 97.4 Å². The average molecular weight is 398 g/mol. The van der Waals surface area contributed by atoms with E-state index in [9.17, 15) is 4.79 Å². The zero-order chi connectivity index (χ0) is 20.8. The number of hydrogen-bond donors (Lipinski definition) is 0. The molecule has 0 heterocycles. The molecule has 3 aromatic carbocycles. The number of nitrogens with zero attached hydrogens (tertiary/aromatic N) is 1. The quantitative estimate of drug-likeness (QED) is 0.439. The number of rotatable bonds is 7. The molecule has 0 aliphatic heterocycles. The third-order valence-electron chi connectivity index (χ3n) is 6.47. The average Bonchev–Trinajstić information content (AvgIpc) is 2.81. The van der Waals surface area contributed by atoms with Gasteiger partial charge in [0.1, 0.15) is 5.78 Å². The number of Topliss-reactive ketones (excluding diaryl/α,β-unsaturated/α-hetero) is 1. The summed E-state index contributed by atoms with van der Waals surface area (Å²) in [5, 5.41) is 0. The van der Waals surface area contributed by atoms with Crippen LogP contribution < -0.4 is 0 Å². The molecule has 4 rings (SSSR count). The molecule has 0 amide bonds. The second-order valence-electron chi connectivity index (χ2n) is 8.42. The SMILES string of the molecule is CC(c1ccccc1)N(Cc1ccccc1)[C@@H](c1ccccc1)[C@@H]1CCCCC1=O. The van der Waals surface area contributed by atoms with Gasteiger partial charge in [-0.2, -0.15) is 0 Å². The Bertz CT molecular complexity index is 923. The van der Waals surface area contributed by atoms with Crippen molar-refractivity contribution < 1.29 is 4.79 Å². The molecule has 0 N–H and O–H groups in total. The summed E-state index contributed by atoms with van der Waals surface area (Å²) in [7, 11) is 0. The molecule has 1 fully saturated rings. The lowest BCUT2D eigenvalue weighted by atomic mass is 9.78. The third-order valence-corrected chi connectivity index (χ3v) is 6.47. The van der Waals surface area contributed by atoms with Crippen molar-refractivity contribution in [1.29, 1.82) is 0 Å². The summed E-state index contributed by atoms with van der Waals surface area (Å²) >= 11 is 0. The van der Waals surface area contributed by atoms with Crippen molar-refractivity contribution in [3.05, 3.63) is 108 Å². The summed E-state index contributed by atoms with van der Waals surface area (Å²) in [6, 6.07) is 32.3. The fraction of sp³-hybridized carbons (Fsp3) is 0.321. The summed E-state index contributed by atoms with van der Waals surface area (Å²) in [5.74, 6) is 0.476. The van der Waals surface area contributed by atoms with E-state index in [0.29, 0.717) is 12.2 Å². The van der Waals surface area contributed by atoms with Crippen molar-refractivity contribution >= 4 is 5.78 Å². The zero-order valence-electron chi connectivity index (χ0n) is 17.8. The second-order valence-corrected chi connectivity index (χ2v) is 8.42. The molecule has 1 aliphatic rings. The molecule has 0 radical (unpaired) electrons. The van der Waals surface area contributed by atoms with Gasteiger partial charge in [-0.3, -0.25) is 9.69 Å². The van der Waals surface area contributed by atoms with Crippen LogP contribution in [-0.4, -0.2) is 10.7 Å². The Kier molecular flexibility index (Phi) is 6.76. The Morgan fingerprint density at radius 2 is 1.37 bits per heavy atom. The highest BCUT2D eigenvalue weighted by atomic mass is 16.1. The Morgan fingerprint density at radius 1 is 0.800 bits per heavy atom. The van der Waals surface area contributed by atoms with E-state index in [4.69, 9.17) is 0 Å². The van der Waals surface area contributed by atoms with E-state index >= 15 is 0 Å². The topological polar surface area (TPSA) is 20.3 Å². The van der Waals surface area contributed by atoms with Gasteiger partial charge in [0.2, 0.25) is 0 Å². The van der Waals surface area contributed by atoms with Crippen LogP contribution in [0.2, 0.25) is 0 Å². The molecule has 3 atom stereocenters. The van der Waals surface area contributed by atoms with Gasteiger partial charge in [0.25, 0.3) is 0 Å². The Balaban J connectivity index is 1.78. The minimum absolute atomic E-state index is 0.0519. The van der Waals surface area contributed by atoms with Gasteiger partial charge in [0, 0.05) is 31.0 Å². The van der Waals surface area contributed by atoms with Crippen LogP contribution in [0.4, 0.5) is 0 Å². The highest BCUT2D eigenvalue weighted by Crippen LogP contribution is 2.41. The van der Waals surface area contributed by atoms with E-state index in [1.165, 1.54) is 16.7 Å². The van der Waals surface area contributed by atoms with Gasteiger partial charge in [0.05, 0.1) is 0 Å². The van der Waals surface area contributed by atoms with E-state index in [-0.39, 0.29) is 18.0 Å². The van der Waals surface area contributed by atoms with Crippen molar-refractivity contribution in [2.75, 3.05) is 0 Å². The first-order chi connectivity index (χ1) is 14.7. The molecule has 3 aromatic rings. The standard InChI is InChI=1S/C28H31NO/c1-22(24-15-7-3-8-16-24)29(21-23-13-5-2-6-14-23)28(25-17-9-4-10-18-25)26-19-11-12-20-27(26)30/h2-10,13-18,22,26,28H,11-12,19-21H2,1H3/t22?,26-,28+/m1/s1. The zero-order valence-corrected chi connectivity index (χ0v) is 17.8. The van der Waals surface area contributed by atoms with Crippen LogP contribution in [0.15, 0.2) is 91.0 Å². The molecule has 1 unspecified atom stereocenters. The fourth-order valence-corrected chi connectivity index (χ4v) is 4.84. The number of ketones is 1. The highest BCUT2D eigenvalue weighted by Gasteiger charge is 2.37. The van der Waals surface area contributed by atoms with Gasteiger partial charge in [0.15, 0.2) is 0 Å². The van der Waals surface area contributed by atoms with Crippen molar-refractivity contribution in [2.24, 2.45) is 5.92 Å². The van der Waals surface area contributed by atoms with Crippen molar-refractivity contribution in [3.63, 3.8) is 0 Å². The lowest BCUT2D eigenvalue weighted by Gasteiger charge is -2.42. The Labute approximate surface area is 180 Å². The van der Waals surface area contributed by atoms with Gasteiger partial charge in [-0.25, -0.2) is 0 Å². The summed E-state index contributed by atoms with van der Waals surface area (Å²) in [6.45, 7) is 3.10.